The summed E-state index contributed by atoms with van der Waals surface area (Å²) in [7, 11) is 0. The van der Waals surface area contributed by atoms with Crippen molar-refractivity contribution in [3.8, 4) is 0 Å². The molecule has 1 aromatic carbocycles. The fourth-order valence-electron chi connectivity index (χ4n) is 2.34. The van der Waals surface area contributed by atoms with Gasteiger partial charge < -0.3 is 16.4 Å². The van der Waals surface area contributed by atoms with E-state index in [4.69, 9.17) is 5.73 Å². The zero-order chi connectivity index (χ0) is 13.9. The van der Waals surface area contributed by atoms with Crippen LogP contribution in [0.1, 0.15) is 12.0 Å². The van der Waals surface area contributed by atoms with E-state index in [2.05, 4.69) is 15.7 Å². The molecule has 3 rings (SSSR count). The number of aromatic nitrogens is 2. The highest BCUT2D eigenvalue weighted by Gasteiger charge is 2.16. The topological polar surface area (TPSA) is 85.0 Å². The summed E-state index contributed by atoms with van der Waals surface area (Å²) in [4.78, 5) is 11.3. The van der Waals surface area contributed by atoms with Gasteiger partial charge in [0.05, 0.1) is 17.9 Å². The van der Waals surface area contributed by atoms with Crippen molar-refractivity contribution in [2.45, 2.75) is 19.4 Å². The Morgan fingerprint density at radius 2 is 2.30 bits per heavy atom. The number of nitrogens with one attached hydrogen (secondary N) is 2. The molecule has 20 heavy (non-hydrogen) atoms. The van der Waals surface area contributed by atoms with Crippen molar-refractivity contribution >= 4 is 23.0 Å². The highest BCUT2D eigenvalue weighted by molar-refractivity contribution is 5.95. The first kappa shape index (κ1) is 12.5. The number of amides is 1. The summed E-state index contributed by atoms with van der Waals surface area (Å²) in [5.74, 6) is 0.0521. The van der Waals surface area contributed by atoms with Crippen molar-refractivity contribution < 1.29 is 4.79 Å². The van der Waals surface area contributed by atoms with E-state index in [1.165, 1.54) is 0 Å². The molecule has 0 unspecified atom stereocenters. The first-order valence-electron chi connectivity index (χ1n) is 6.66. The molecular formula is C14H17N5O. The summed E-state index contributed by atoms with van der Waals surface area (Å²) in [5.41, 5.74) is 9.52. The molecule has 104 valence electrons. The van der Waals surface area contributed by atoms with Crippen LogP contribution in [-0.4, -0.2) is 22.2 Å². The minimum absolute atomic E-state index is 0.0521. The predicted octanol–water partition coefficient (Wildman–Crippen LogP) is 1.46. The molecule has 0 saturated heterocycles. The molecule has 0 atom stereocenters. The van der Waals surface area contributed by atoms with Gasteiger partial charge in [0.1, 0.15) is 0 Å². The molecular weight excluding hydrogens is 254 g/mol. The standard InChI is InChI=1S/C14H17N5O/c15-11-9-12-10(2-3-14(20)18-12)8-13(11)16-5-7-19-6-1-4-17-19/h1,4,6,8-9,16H,2-3,5,7,15H2,(H,18,20). The molecule has 1 amide bonds. The number of anilines is 3. The van der Waals surface area contributed by atoms with Gasteiger partial charge in [0.15, 0.2) is 0 Å². The summed E-state index contributed by atoms with van der Waals surface area (Å²) < 4.78 is 1.86. The van der Waals surface area contributed by atoms with Gasteiger partial charge >= 0.3 is 0 Å². The van der Waals surface area contributed by atoms with Crippen molar-refractivity contribution in [3.63, 3.8) is 0 Å². The first-order chi connectivity index (χ1) is 9.72. The lowest BCUT2D eigenvalue weighted by atomic mass is 10.0. The van der Waals surface area contributed by atoms with Crippen molar-refractivity contribution in [1.82, 2.24) is 9.78 Å². The van der Waals surface area contributed by atoms with E-state index < -0.39 is 0 Å². The molecule has 4 N–H and O–H groups in total. The van der Waals surface area contributed by atoms with Crippen LogP contribution < -0.4 is 16.4 Å². The van der Waals surface area contributed by atoms with E-state index in [1.54, 1.807) is 6.20 Å². The Bertz CT molecular complexity index is 621. The third kappa shape index (κ3) is 2.59. The van der Waals surface area contributed by atoms with E-state index in [1.807, 2.05) is 29.1 Å². The average Bonchev–Trinajstić information content (AvgIpc) is 2.93. The number of fused-ring (bicyclic) bond motifs is 1. The number of nitrogens with two attached hydrogens (primary N) is 1. The Morgan fingerprint density at radius 1 is 1.40 bits per heavy atom. The summed E-state index contributed by atoms with van der Waals surface area (Å²) in [6.07, 6.45) is 4.97. The van der Waals surface area contributed by atoms with Gasteiger partial charge in [-0.05, 0) is 30.2 Å². The zero-order valence-corrected chi connectivity index (χ0v) is 11.1. The Labute approximate surface area is 117 Å². The van der Waals surface area contributed by atoms with Gasteiger partial charge in [0.2, 0.25) is 5.91 Å². The number of carbonyl (C=O) groups is 1. The van der Waals surface area contributed by atoms with E-state index >= 15 is 0 Å². The van der Waals surface area contributed by atoms with Crippen LogP contribution in [0.2, 0.25) is 0 Å². The van der Waals surface area contributed by atoms with Crippen LogP contribution >= 0.6 is 0 Å². The quantitative estimate of drug-likeness (QED) is 0.735. The maximum atomic E-state index is 11.3. The Kier molecular flexibility index (Phi) is 3.28. The summed E-state index contributed by atoms with van der Waals surface area (Å²) >= 11 is 0. The third-order valence-corrected chi connectivity index (χ3v) is 3.39. The minimum Gasteiger partial charge on any atom is -0.397 e. The number of aryl methyl sites for hydroxylation is 1. The van der Waals surface area contributed by atoms with E-state index in [0.29, 0.717) is 12.1 Å². The maximum Gasteiger partial charge on any atom is 0.224 e. The Hall–Kier alpha value is -2.50. The van der Waals surface area contributed by atoms with Crippen LogP contribution in [0, 0.1) is 0 Å². The predicted molar refractivity (Wildman–Crippen MR) is 78.5 cm³/mol. The van der Waals surface area contributed by atoms with E-state index in [9.17, 15) is 4.79 Å². The second kappa shape index (κ2) is 5.24. The lowest BCUT2D eigenvalue weighted by molar-refractivity contribution is -0.116. The number of rotatable bonds is 4. The van der Waals surface area contributed by atoms with Gasteiger partial charge in [-0.3, -0.25) is 9.48 Å². The molecule has 6 nitrogen and oxygen atoms in total. The molecule has 0 radical (unpaired) electrons. The fourth-order valence-corrected chi connectivity index (χ4v) is 2.34. The highest BCUT2D eigenvalue weighted by Crippen LogP contribution is 2.30. The normalized spacial score (nSPS) is 13.7. The van der Waals surface area contributed by atoms with Crippen molar-refractivity contribution in [2.75, 3.05) is 22.9 Å². The maximum absolute atomic E-state index is 11.3. The molecule has 1 aromatic heterocycles. The largest absolute Gasteiger partial charge is 0.397 e. The smallest absolute Gasteiger partial charge is 0.224 e. The van der Waals surface area contributed by atoms with Gasteiger partial charge in [0, 0.05) is 31.0 Å². The second-order valence-electron chi connectivity index (χ2n) is 4.84. The van der Waals surface area contributed by atoms with Gasteiger partial charge in [-0.2, -0.15) is 5.10 Å². The van der Waals surface area contributed by atoms with E-state index in [0.717, 1.165) is 36.4 Å². The van der Waals surface area contributed by atoms with Crippen LogP contribution in [0.3, 0.4) is 0 Å². The highest BCUT2D eigenvalue weighted by atomic mass is 16.1. The number of carbonyl (C=O) groups excluding carboxylic acids is 1. The Balaban J connectivity index is 1.69. The number of benzene rings is 1. The molecule has 2 heterocycles. The minimum atomic E-state index is 0.0521. The van der Waals surface area contributed by atoms with Crippen LogP contribution in [0.5, 0.6) is 0 Å². The lowest BCUT2D eigenvalue weighted by Crippen LogP contribution is -2.20. The molecule has 0 bridgehead atoms. The zero-order valence-electron chi connectivity index (χ0n) is 11.1. The third-order valence-electron chi connectivity index (χ3n) is 3.39. The number of hydrogen-bond donors (Lipinski definition) is 3. The molecule has 0 spiro atoms. The molecule has 2 aromatic rings. The fraction of sp³-hybridized carbons (Fsp3) is 0.286. The van der Waals surface area contributed by atoms with Crippen LogP contribution in [0.25, 0.3) is 0 Å². The average molecular weight is 271 g/mol. The monoisotopic (exact) mass is 271 g/mol. The molecule has 1 aliphatic rings. The number of hydrogen-bond acceptors (Lipinski definition) is 4. The van der Waals surface area contributed by atoms with Crippen LogP contribution in [-0.2, 0) is 17.8 Å². The molecule has 0 saturated carbocycles. The van der Waals surface area contributed by atoms with E-state index in [-0.39, 0.29) is 5.91 Å². The molecule has 1 aliphatic heterocycles. The van der Waals surface area contributed by atoms with Gasteiger partial charge in [-0.15, -0.1) is 0 Å². The lowest BCUT2D eigenvalue weighted by Gasteiger charge is -2.19. The van der Waals surface area contributed by atoms with Gasteiger partial charge in [0.25, 0.3) is 0 Å². The summed E-state index contributed by atoms with van der Waals surface area (Å²) in [5, 5.41) is 10.3. The molecule has 0 fully saturated rings. The SMILES string of the molecule is Nc1cc2c(cc1NCCn1cccn1)CCC(=O)N2. The van der Waals surface area contributed by atoms with Crippen molar-refractivity contribution in [1.29, 1.82) is 0 Å². The summed E-state index contributed by atoms with van der Waals surface area (Å²) in [6, 6.07) is 5.74. The summed E-state index contributed by atoms with van der Waals surface area (Å²) in [6.45, 7) is 1.53. The van der Waals surface area contributed by atoms with Crippen molar-refractivity contribution in [2.24, 2.45) is 0 Å². The number of nitrogens with zero attached hydrogens (tertiary/aromatic N) is 2. The van der Waals surface area contributed by atoms with Crippen LogP contribution in [0.15, 0.2) is 30.6 Å². The molecule has 0 aliphatic carbocycles. The second-order valence-corrected chi connectivity index (χ2v) is 4.84. The first-order valence-corrected chi connectivity index (χ1v) is 6.66. The molecule has 6 heteroatoms. The van der Waals surface area contributed by atoms with Crippen molar-refractivity contribution in [3.05, 3.63) is 36.2 Å². The van der Waals surface area contributed by atoms with Gasteiger partial charge in [-0.1, -0.05) is 0 Å². The Morgan fingerprint density at radius 3 is 3.10 bits per heavy atom. The van der Waals surface area contributed by atoms with Gasteiger partial charge in [-0.25, -0.2) is 0 Å². The number of nitrogen functional groups attached to an aromatic ring is 1. The van der Waals surface area contributed by atoms with Crippen LogP contribution in [0.4, 0.5) is 17.1 Å².